The second-order valence-electron chi connectivity index (χ2n) is 7.19. The van der Waals surface area contributed by atoms with E-state index in [0.29, 0.717) is 19.6 Å². The Bertz CT molecular complexity index is 597. The first-order valence-corrected chi connectivity index (χ1v) is 10.2. The predicted octanol–water partition coefficient (Wildman–Crippen LogP) is 2.55. The van der Waals surface area contributed by atoms with E-state index in [1.165, 1.54) is 4.88 Å². The van der Waals surface area contributed by atoms with Gasteiger partial charge in [0.25, 0.3) is 0 Å². The Morgan fingerprint density at radius 2 is 2.12 bits per heavy atom. The molecule has 0 radical (unpaired) electrons. The van der Waals surface area contributed by atoms with Crippen LogP contribution in [0.25, 0.3) is 0 Å². The molecule has 0 aromatic carbocycles. The summed E-state index contributed by atoms with van der Waals surface area (Å²) in [5.74, 6) is 0.268. The summed E-state index contributed by atoms with van der Waals surface area (Å²) in [5, 5.41) is 0. The number of carbonyl (C=O) groups excluding carboxylic acids is 1. The van der Waals surface area contributed by atoms with Crippen LogP contribution in [0.3, 0.4) is 0 Å². The van der Waals surface area contributed by atoms with Crippen LogP contribution in [0.4, 0.5) is 0 Å². The smallest absolute Gasteiger partial charge is 0.222 e. The summed E-state index contributed by atoms with van der Waals surface area (Å²) in [5.41, 5.74) is 0.0940. The van der Waals surface area contributed by atoms with E-state index in [9.17, 15) is 4.79 Å². The van der Waals surface area contributed by atoms with Crippen LogP contribution >= 0.6 is 22.9 Å². The number of thiophene rings is 1. The van der Waals surface area contributed by atoms with Gasteiger partial charge in [-0.15, -0.1) is 11.3 Å². The van der Waals surface area contributed by atoms with E-state index in [1.807, 2.05) is 11.0 Å². The van der Waals surface area contributed by atoms with Crippen molar-refractivity contribution >= 4 is 28.8 Å². The highest BCUT2D eigenvalue weighted by molar-refractivity contribution is 7.16. The lowest BCUT2D eigenvalue weighted by Crippen LogP contribution is -2.60. The van der Waals surface area contributed by atoms with Gasteiger partial charge in [-0.05, 0) is 32.0 Å². The number of hydrogen-bond donors (Lipinski definition) is 0. The van der Waals surface area contributed by atoms with Gasteiger partial charge in [-0.25, -0.2) is 0 Å². The molecule has 25 heavy (non-hydrogen) atoms. The summed E-state index contributed by atoms with van der Waals surface area (Å²) in [4.78, 5) is 20.8. The van der Waals surface area contributed by atoms with Crippen molar-refractivity contribution in [2.45, 2.75) is 31.3 Å². The number of hydrogen-bond acceptors (Lipinski definition) is 5. The Morgan fingerprint density at radius 3 is 2.84 bits per heavy atom. The lowest BCUT2D eigenvalue weighted by atomic mass is 9.86. The molecule has 2 aliphatic heterocycles. The molecule has 1 aromatic rings. The number of halogens is 1. The van der Waals surface area contributed by atoms with Crippen LogP contribution in [0.2, 0.25) is 4.34 Å². The van der Waals surface area contributed by atoms with E-state index in [2.05, 4.69) is 22.9 Å². The third kappa shape index (κ3) is 4.55. The van der Waals surface area contributed by atoms with E-state index < -0.39 is 0 Å². The van der Waals surface area contributed by atoms with Crippen LogP contribution in [0.15, 0.2) is 12.1 Å². The Kier molecular flexibility index (Phi) is 6.39. The molecule has 3 heterocycles. The largest absolute Gasteiger partial charge is 0.383 e. The van der Waals surface area contributed by atoms with Gasteiger partial charge in [0, 0.05) is 63.2 Å². The highest BCUT2D eigenvalue weighted by atomic mass is 35.5. The lowest BCUT2D eigenvalue weighted by molar-refractivity contribution is -0.131. The molecule has 1 amide bonds. The van der Waals surface area contributed by atoms with Crippen LogP contribution in [0.1, 0.15) is 24.1 Å². The number of ether oxygens (including phenoxy) is 1. The zero-order chi connectivity index (χ0) is 17.9. The molecule has 0 N–H and O–H groups in total. The van der Waals surface area contributed by atoms with Crippen molar-refractivity contribution < 1.29 is 9.53 Å². The highest BCUT2D eigenvalue weighted by Gasteiger charge is 2.42. The van der Waals surface area contributed by atoms with Gasteiger partial charge in [-0.3, -0.25) is 14.6 Å². The Balaban J connectivity index is 1.66. The Labute approximate surface area is 159 Å². The molecular formula is C18H28ClN3O2S. The fourth-order valence-electron chi connectivity index (χ4n) is 4.00. The van der Waals surface area contributed by atoms with Crippen molar-refractivity contribution in [1.29, 1.82) is 0 Å². The van der Waals surface area contributed by atoms with Crippen molar-refractivity contribution in [1.82, 2.24) is 14.7 Å². The van der Waals surface area contributed by atoms with Gasteiger partial charge in [0.15, 0.2) is 0 Å². The van der Waals surface area contributed by atoms with Gasteiger partial charge in [-0.1, -0.05) is 11.6 Å². The maximum Gasteiger partial charge on any atom is 0.222 e. The predicted molar refractivity (Wildman–Crippen MR) is 102 cm³/mol. The number of methoxy groups -OCH3 is 1. The van der Waals surface area contributed by atoms with Crippen LogP contribution in [-0.2, 0) is 16.1 Å². The van der Waals surface area contributed by atoms with Crippen LogP contribution in [0, 0.1) is 0 Å². The molecular weight excluding hydrogens is 358 g/mol. The number of likely N-dealkylation sites (N-methyl/N-ethyl adjacent to an activating group) is 1. The van der Waals surface area contributed by atoms with Gasteiger partial charge in [-0.2, -0.15) is 0 Å². The van der Waals surface area contributed by atoms with E-state index in [1.54, 1.807) is 18.4 Å². The van der Waals surface area contributed by atoms with Crippen molar-refractivity contribution in [2.24, 2.45) is 0 Å². The molecule has 1 atom stereocenters. The molecule has 1 aromatic heterocycles. The normalized spacial score (nSPS) is 26.4. The van der Waals surface area contributed by atoms with Gasteiger partial charge >= 0.3 is 0 Å². The standard InChI is InChI=1S/C18H28ClN3O2S/c1-20-9-10-21(13-15-3-4-16(19)25-15)14-18(20)6-5-17(23)22(8-7-18)11-12-24-2/h3-4H,5-14H2,1-2H3/t18-/m1/s1. The monoisotopic (exact) mass is 385 g/mol. The molecule has 0 saturated carbocycles. The quantitative estimate of drug-likeness (QED) is 0.780. The summed E-state index contributed by atoms with van der Waals surface area (Å²) in [6, 6.07) is 4.10. The van der Waals surface area contributed by atoms with E-state index in [4.69, 9.17) is 16.3 Å². The van der Waals surface area contributed by atoms with Crippen LogP contribution in [-0.4, -0.2) is 79.6 Å². The van der Waals surface area contributed by atoms with Gasteiger partial charge in [0.1, 0.15) is 0 Å². The van der Waals surface area contributed by atoms with Crippen molar-refractivity contribution in [3.63, 3.8) is 0 Å². The van der Waals surface area contributed by atoms with Crippen molar-refractivity contribution in [3.8, 4) is 0 Å². The highest BCUT2D eigenvalue weighted by Crippen LogP contribution is 2.33. The molecule has 2 saturated heterocycles. The minimum Gasteiger partial charge on any atom is -0.383 e. The molecule has 5 nitrogen and oxygen atoms in total. The lowest BCUT2D eigenvalue weighted by Gasteiger charge is -2.49. The fourth-order valence-corrected chi connectivity index (χ4v) is 5.14. The molecule has 2 aliphatic rings. The van der Waals surface area contributed by atoms with E-state index in [0.717, 1.165) is 49.9 Å². The summed E-state index contributed by atoms with van der Waals surface area (Å²) in [6.45, 7) is 6.22. The maximum atomic E-state index is 12.5. The third-order valence-electron chi connectivity index (χ3n) is 5.66. The zero-order valence-electron chi connectivity index (χ0n) is 15.2. The van der Waals surface area contributed by atoms with E-state index >= 15 is 0 Å². The fraction of sp³-hybridized carbons (Fsp3) is 0.722. The third-order valence-corrected chi connectivity index (χ3v) is 6.87. The summed E-state index contributed by atoms with van der Waals surface area (Å²) in [6.07, 6.45) is 2.60. The second-order valence-corrected chi connectivity index (χ2v) is 8.99. The molecule has 1 spiro atoms. The van der Waals surface area contributed by atoms with Crippen molar-refractivity contribution in [3.05, 3.63) is 21.3 Å². The first-order chi connectivity index (χ1) is 12.0. The van der Waals surface area contributed by atoms with Crippen LogP contribution in [0.5, 0.6) is 0 Å². The first-order valence-electron chi connectivity index (χ1n) is 8.97. The number of rotatable bonds is 5. The zero-order valence-corrected chi connectivity index (χ0v) is 16.7. The van der Waals surface area contributed by atoms with Gasteiger partial charge < -0.3 is 9.64 Å². The molecule has 7 heteroatoms. The number of nitrogens with zero attached hydrogens (tertiary/aromatic N) is 3. The maximum absolute atomic E-state index is 12.5. The molecule has 3 rings (SSSR count). The first kappa shape index (κ1) is 19.1. The molecule has 2 fully saturated rings. The second kappa shape index (κ2) is 8.35. The Morgan fingerprint density at radius 1 is 1.28 bits per heavy atom. The van der Waals surface area contributed by atoms with E-state index in [-0.39, 0.29) is 11.4 Å². The summed E-state index contributed by atoms with van der Waals surface area (Å²) in [7, 11) is 3.90. The average molecular weight is 386 g/mol. The number of carbonyl (C=O) groups is 1. The van der Waals surface area contributed by atoms with Crippen molar-refractivity contribution in [2.75, 3.05) is 53.5 Å². The molecule has 0 bridgehead atoms. The minimum absolute atomic E-state index is 0.0940. The summed E-state index contributed by atoms with van der Waals surface area (Å²) >= 11 is 7.74. The molecule has 0 unspecified atom stereocenters. The van der Waals surface area contributed by atoms with Gasteiger partial charge in [0.2, 0.25) is 5.91 Å². The van der Waals surface area contributed by atoms with Gasteiger partial charge in [0.05, 0.1) is 10.9 Å². The number of likely N-dealkylation sites (tertiary alicyclic amines) is 1. The SMILES string of the molecule is COCCN1CC[C@]2(CCC1=O)CN(Cc1ccc(Cl)s1)CCN2C. The molecule has 140 valence electrons. The number of amides is 1. The minimum atomic E-state index is 0.0940. The number of piperazine rings is 1. The summed E-state index contributed by atoms with van der Waals surface area (Å²) < 4.78 is 6.01. The molecule has 0 aliphatic carbocycles. The average Bonchev–Trinajstić information content (AvgIpc) is 2.93. The topological polar surface area (TPSA) is 36.0 Å². The Hall–Kier alpha value is -0.660. The van der Waals surface area contributed by atoms with Crippen LogP contribution < -0.4 is 0 Å².